The first kappa shape index (κ1) is 31.0. The number of halogens is 3. The van der Waals surface area contributed by atoms with E-state index >= 15 is 0 Å². The molecule has 2 aliphatic rings. The Morgan fingerprint density at radius 3 is 2.32 bits per heavy atom. The second-order valence-electron chi connectivity index (χ2n) is 10.7. The number of primary amides is 1. The van der Waals surface area contributed by atoms with Gasteiger partial charge >= 0.3 is 13.8 Å². The lowest BCUT2D eigenvalue weighted by atomic mass is 9.74. The molecule has 2 aromatic rings. The van der Waals surface area contributed by atoms with Crippen molar-refractivity contribution in [1.82, 2.24) is 14.7 Å². The average Bonchev–Trinajstić information content (AvgIpc) is 3.32. The lowest BCUT2D eigenvalue weighted by molar-refractivity contribution is -0.210. The number of nitrogens with one attached hydrogen (secondary N) is 1. The van der Waals surface area contributed by atoms with E-state index in [1.54, 1.807) is 49.0 Å². The number of carbonyl (C=O) groups is 1. The highest BCUT2D eigenvalue weighted by atomic mass is 31.2. The summed E-state index contributed by atoms with van der Waals surface area (Å²) in [5, 5.41) is 17.8. The number of anilines is 2. The zero-order valence-corrected chi connectivity index (χ0v) is 24.1. The number of alkyl halides is 3. The number of aromatic nitrogens is 2. The van der Waals surface area contributed by atoms with Crippen LogP contribution < -0.4 is 16.4 Å². The van der Waals surface area contributed by atoms with Crippen molar-refractivity contribution < 1.29 is 31.6 Å². The highest BCUT2D eigenvalue weighted by Crippen LogP contribution is 2.47. The molecule has 14 heteroatoms. The highest BCUT2D eigenvalue weighted by molar-refractivity contribution is 7.62. The maximum atomic E-state index is 13.0. The zero-order valence-electron chi connectivity index (χ0n) is 23.2. The molecule has 1 aromatic heterocycles. The van der Waals surface area contributed by atoms with Crippen LogP contribution in [0.25, 0.3) is 0 Å². The molecule has 3 N–H and O–H groups in total. The molecule has 41 heavy (non-hydrogen) atoms. The van der Waals surface area contributed by atoms with Gasteiger partial charge in [0.25, 0.3) is 5.91 Å². The number of carbonyl (C=O) groups excluding carboxylic acids is 1. The lowest BCUT2D eigenvalue weighted by Gasteiger charge is -2.44. The maximum absolute atomic E-state index is 13.0. The van der Waals surface area contributed by atoms with Crippen LogP contribution in [0.2, 0.25) is 0 Å². The van der Waals surface area contributed by atoms with E-state index in [1.165, 1.54) is 0 Å². The average molecular weight is 597 g/mol. The molecule has 224 valence electrons. The summed E-state index contributed by atoms with van der Waals surface area (Å²) < 4.78 is 64.0. The van der Waals surface area contributed by atoms with Crippen LogP contribution in [-0.4, -0.2) is 59.6 Å². The van der Waals surface area contributed by atoms with Crippen LogP contribution in [0, 0.1) is 23.2 Å². The number of rotatable bonds is 12. The van der Waals surface area contributed by atoms with Crippen molar-refractivity contribution in [3.05, 3.63) is 36.0 Å². The number of nitriles is 1. The van der Waals surface area contributed by atoms with Gasteiger partial charge in [-0.05, 0) is 69.7 Å². The van der Waals surface area contributed by atoms with Gasteiger partial charge in [-0.3, -0.25) is 14.0 Å². The standard InChI is InChI=1S/C27H36F3N6O4P/c1-3-39-41(38,40-4-2)22-7-5-21(6-8-22)33-25-23(24(32)37)18-36(34-25)26(13-14-31)11-9-19(10-12-26)15-35-16-20(17-35)27(28,29)30/h5-8,18-20H,3-4,9-13,15-17H2,1-2H3,(H2,32,37)(H,33,34). The Morgan fingerprint density at radius 2 is 1.80 bits per heavy atom. The molecular weight excluding hydrogens is 560 g/mol. The third-order valence-electron chi connectivity index (χ3n) is 7.89. The Kier molecular flexibility index (Phi) is 9.49. The molecule has 10 nitrogen and oxygen atoms in total. The Labute approximate surface area is 237 Å². The second kappa shape index (κ2) is 12.5. The quantitative estimate of drug-likeness (QED) is 0.330. The van der Waals surface area contributed by atoms with E-state index in [9.17, 15) is 27.8 Å². The van der Waals surface area contributed by atoms with Crippen LogP contribution in [0.15, 0.2) is 30.5 Å². The number of hydrogen-bond donors (Lipinski definition) is 2. The minimum absolute atomic E-state index is 0.0370. The van der Waals surface area contributed by atoms with Gasteiger partial charge in [-0.15, -0.1) is 0 Å². The molecule has 1 saturated heterocycles. The van der Waals surface area contributed by atoms with E-state index in [0.29, 0.717) is 30.4 Å². The summed E-state index contributed by atoms with van der Waals surface area (Å²) in [6, 6.07) is 8.80. The number of nitrogens with two attached hydrogens (primary N) is 1. The zero-order chi connectivity index (χ0) is 29.8. The number of amides is 1. The summed E-state index contributed by atoms with van der Waals surface area (Å²) in [5.41, 5.74) is 5.72. The third kappa shape index (κ3) is 6.95. The van der Waals surface area contributed by atoms with Gasteiger partial charge < -0.3 is 25.0 Å². The summed E-state index contributed by atoms with van der Waals surface area (Å²) in [4.78, 5) is 14.2. The summed E-state index contributed by atoms with van der Waals surface area (Å²) in [5.74, 6) is -1.49. The van der Waals surface area contributed by atoms with Crippen molar-refractivity contribution in [2.45, 2.75) is 57.7 Å². The third-order valence-corrected chi connectivity index (χ3v) is 10.0. The summed E-state index contributed by atoms with van der Waals surface area (Å²) >= 11 is 0. The molecule has 1 aliphatic heterocycles. The first-order valence-electron chi connectivity index (χ1n) is 13.8. The summed E-state index contributed by atoms with van der Waals surface area (Å²) in [7, 11) is -3.46. The molecule has 2 heterocycles. The molecule has 1 aromatic carbocycles. The van der Waals surface area contributed by atoms with Gasteiger partial charge in [0.05, 0.1) is 42.5 Å². The Morgan fingerprint density at radius 1 is 1.20 bits per heavy atom. The van der Waals surface area contributed by atoms with Crippen molar-refractivity contribution in [3.63, 3.8) is 0 Å². The lowest BCUT2D eigenvalue weighted by Crippen LogP contribution is -2.54. The fourth-order valence-electron chi connectivity index (χ4n) is 5.60. The van der Waals surface area contributed by atoms with Gasteiger partial charge in [0, 0.05) is 31.5 Å². The molecule has 0 atom stereocenters. The van der Waals surface area contributed by atoms with Crippen LogP contribution in [0.3, 0.4) is 0 Å². The van der Waals surface area contributed by atoms with Crippen molar-refractivity contribution in [1.29, 1.82) is 5.26 Å². The summed E-state index contributed by atoms with van der Waals surface area (Å²) in [6.07, 6.45) is 0.219. The van der Waals surface area contributed by atoms with Crippen molar-refractivity contribution in [2.75, 3.05) is 38.2 Å². The van der Waals surface area contributed by atoms with Crippen LogP contribution in [0.1, 0.15) is 56.3 Å². The number of likely N-dealkylation sites (tertiary alicyclic amines) is 1. The first-order valence-corrected chi connectivity index (χ1v) is 15.3. The van der Waals surface area contributed by atoms with Gasteiger partial charge in [-0.25, -0.2) is 0 Å². The van der Waals surface area contributed by atoms with Gasteiger partial charge in [0.1, 0.15) is 5.56 Å². The van der Waals surface area contributed by atoms with Gasteiger partial charge in [0.2, 0.25) is 0 Å². The fourth-order valence-corrected chi connectivity index (χ4v) is 7.17. The topological polar surface area (TPSA) is 135 Å². The molecular formula is C27H36F3N6O4P. The second-order valence-corrected chi connectivity index (χ2v) is 12.7. The maximum Gasteiger partial charge on any atom is 0.394 e. The van der Waals surface area contributed by atoms with Gasteiger partial charge in [0.15, 0.2) is 5.82 Å². The highest BCUT2D eigenvalue weighted by Gasteiger charge is 2.48. The predicted octanol–water partition coefficient (Wildman–Crippen LogP) is 4.91. The number of nitrogens with zero attached hydrogens (tertiary/aromatic N) is 4. The predicted molar refractivity (Wildman–Crippen MR) is 147 cm³/mol. The molecule has 0 radical (unpaired) electrons. The molecule has 0 bridgehead atoms. The molecule has 4 rings (SSSR count). The summed E-state index contributed by atoms with van der Waals surface area (Å²) in [6.45, 7) is 4.58. The molecule has 1 aliphatic carbocycles. The Hall–Kier alpha value is -2.91. The monoisotopic (exact) mass is 596 g/mol. The van der Waals surface area contributed by atoms with E-state index in [-0.39, 0.29) is 50.0 Å². The molecule has 0 spiro atoms. The van der Waals surface area contributed by atoms with E-state index in [4.69, 9.17) is 14.8 Å². The van der Waals surface area contributed by atoms with Crippen molar-refractivity contribution >= 4 is 30.3 Å². The van der Waals surface area contributed by atoms with E-state index in [0.717, 1.165) is 12.8 Å². The smallest absolute Gasteiger partial charge is 0.365 e. The van der Waals surface area contributed by atoms with Crippen molar-refractivity contribution in [2.24, 2.45) is 17.6 Å². The minimum atomic E-state index is -4.15. The van der Waals surface area contributed by atoms with E-state index < -0.39 is 31.1 Å². The van der Waals surface area contributed by atoms with Crippen LogP contribution in [0.5, 0.6) is 0 Å². The molecule has 1 saturated carbocycles. The number of benzene rings is 1. The molecule has 2 fully saturated rings. The van der Waals surface area contributed by atoms with Crippen LogP contribution >= 0.6 is 7.60 Å². The van der Waals surface area contributed by atoms with E-state index in [1.807, 2.05) is 4.90 Å². The Bertz CT molecular complexity index is 1290. The van der Waals surface area contributed by atoms with Crippen LogP contribution in [-0.2, 0) is 19.2 Å². The van der Waals surface area contributed by atoms with Crippen LogP contribution in [0.4, 0.5) is 24.7 Å². The SMILES string of the molecule is CCOP(=O)(OCC)c1ccc(Nc2nn(C3(CC#N)CCC(CN4CC(C(F)(F)F)C4)CC3)cc2C(N)=O)cc1. The van der Waals surface area contributed by atoms with Gasteiger partial charge in [-0.1, -0.05) is 0 Å². The normalized spacial score (nSPS) is 22.2. The molecule has 1 amide bonds. The Balaban J connectivity index is 1.48. The minimum Gasteiger partial charge on any atom is -0.365 e. The largest absolute Gasteiger partial charge is 0.394 e. The first-order chi connectivity index (χ1) is 19.4. The number of hydrogen-bond acceptors (Lipinski definition) is 8. The molecule has 0 unspecified atom stereocenters. The van der Waals surface area contributed by atoms with E-state index in [2.05, 4.69) is 16.5 Å². The van der Waals surface area contributed by atoms with Gasteiger partial charge in [-0.2, -0.15) is 23.5 Å². The van der Waals surface area contributed by atoms with Crippen molar-refractivity contribution in [3.8, 4) is 6.07 Å². The fraction of sp³-hybridized carbons (Fsp3) is 0.593.